The van der Waals surface area contributed by atoms with E-state index in [1.165, 1.54) is 11.8 Å². The van der Waals surface area contributed by atoms with E-state index in [1.807, 2.05) is 72.8 Å². The number of benzene rings is 3. The van der Waals surface area contributed by atoms with E-state index in [9.17, 15) is 13.5 Å². The van der Waals surface area contributed by atoms with E-state index in [-0.39, 0.29) is 0 Å². The van der Waals surface area contributed by atoms with E-state index in [0.717, 1.165) is 10.5 Å². The third-order valence-electron chi connectivity index (χ3n) is 4.55. The summed E-state index contributed by atoms with van der Waals surface area (Å²) >= 11 is 1.41. The van der Waals surface area contributed by atoms with E-state index in [4.69, 9.17) is 4.74 Å². The predicted octanol–water partition coefficient (Wildman–Crippen LogP) is 4.40. The summed E-state index contributed by atoms with van der Waals surface area (Å²) in [7, 11) is -2.75. The Balaban J connectivity index is 1.71. The van der Waals surface area contributed by atoms with Crippen molar-refractivity contribution in [3.05, 3.63) is 90.0 Å². The smallest absolute Gasteiger partial charge is 0.314 e. The number of hydrogen-bond donors (Lipinski definition) is 1. The maximum Gasteiger partial charge on any atom is 0.314 e. The molecule has 2 unspecified atom stereocenters. The summed E-state index contributed by atoms with van der Waals surface area (Å²) in [5.41, 5.74) is -0.539. The van der Waals surface area contributed by atoms with Crippen LogP contribution in [0.15, 0.2) is 88.1 Å². The first-order chi connectivity index (χ1) is 13.5. The molecule has 142 valence electrons. The standard InChI is InChI=1S/C21H17NO4S2/c23-21(22-28(24)25)19-14-17(26-16-7-3-1-4-8-16)12-11-15(19)13-20(21)27-18-9-5-2-6-10-18/h1-12,14,20,23H,13H2. The van der Waals surface area contributed by atoms with Gasteiger partial charge in [-0.3, -0.25) is 0 Å². The molecule has 0 saturated heterocycles. The molecule has 0 radical (unpaired) electrons. The second-order valence-corrected chi connectivity index (χ2v) is 8.29. The first-order valence-electron chi connectivity index (χ1n) is 8.67. The molecule has 0 aliphatic heterocycles. The number of fused-ring (bicyclic) bond motifs is 1. The quantitative estimate of drug-likeness (QED) is 0.673. The van der Waals surface area contributed by atoms with Crippen LogP contribution in [0.25, 0.3) is 0 Å². The Morgan fingerprint density at radius 2 is 1.64 bits per heavy atom. The Hall–Kier alpha value is -2.61. The van der Waals surface area contributed by atoms with E-state index >= 15 is 0 Å². The van der Waals surface area contributed by atoms with Gasteiger partial charge in [-0.2, -0.15) is 8.42 Å². The number of para-hydroxylation sites is 1. The lowest BCUT2D eigenvalue weighted by atomic mass is 10.1. The van der Waals surface area contributed by atoms with Crippen molar-refractivity contribution in [3.8, 4) is 11.5 Å². The molecule has 1 aliphatic carbocycles. The van der Waals surface area contributed by atoms with E-state index < -0.39 is 21.5 Å². The Morgan fingerprint density at radius 1 is 0.964 bits per heavy atom. The summed E-state index contributed by atoms with van der Waals surface area (Å²) in [6.07, 6.45) is 0.498. The molecule has 0 heterocycles. The summed E-state index contributed by atoms with van der Waals surface area (Å²) in [6, 6.07) is 24.2. The summed E-state index contributed by atoms with van der Waals surface area (Å²) in [5, 5.41) is 10.8. The summed E-state index contributed by atoms with van der Waals surface area (Å²) in [4.78, 5) is 0.936. The van der Waals surface area contributed by atoms with Gasteiger partial charge in [0.15, 0.2) is 0 Å². The second-order valence-electron chi connectivity index (χ2n) is 6.39. The van der Waals surface area contributed by atoms with Crippen molar-refractivity contribution in [2.24, 2.45) is 4.36 Å². The van der Waals surface area contributed by atoms with Crippen molar-refractivity contribution in [1.29, 1.82) is 0 Å². The predicted molar refractivity (Wildman–Crippen MR) is 108 cm³/mol. The minimum Gasteiger partial charge on any atom is -0.457 e. The molecule has 2 atom stereocenters. The fourth-order valence-electron chi connectivity index (χ4n) is 3.29. The molecule has 0 bridgehead atoms. The van der Waals surface area contributed by atoms with Gasteiger partial charge in [0.25, 0.3) is 0 Å². The maximum absolute atomic E-state index is 11.4. The van der Waals surface area contributed by atoms with E-state index in [0.29, 0.717) is 23.5 Å². The molecule has 28 heavy (non-hydrogen) atoms. The summed E-state index contributed by atoms with van der Waals surface area (Å²) in [6.45, 7) is 0. The van der Waals surface area contributed by atoms with Crippen molar-refractivity contribution in [2.75, 3.05) is 0 Å². The summed E-state index contributed by atoms with van der Waals surface area (Å²) in [5.74, 6) is 1.17. The van der Waals surface area contributed by atoms with Gasteiger partial charge in [-0.25, -0.2) is 0 Å². The molecule has 3 aromatic rings. The van der Waals surface area contributed by atoms with Crippen LogP contribution in [0.3, 0.4) is 0 Å². The highest BCUT2D eigenvalue weighted by Crippen LogP contribution is 2.47. The lowest BCUT2D eigenvalue weighted by molar-refractivity contribution is 0.0566. The summed E-state index contributed by atoms with van der Waals surface area (Å²) < 4.78 is 32.3. The van der Waals surface area contributed by atoms with Crippen LogP contribution in [0.5, 0.6) is 11.5 Å². The van der Waals surface area contributed by atoms with Crippen molar-refractivity contribution in [2.45, 2.75) is 22.3 Å². The van der Waals surface area contributed by atoms with Crippen LogP contribution < -0.4 is 4.74 Å². The van der Waals surface area contributed by atoms with E-state index in [2.05, 4.69) is 4.36 Å². The van der Waals surface area contributed by atoms with Crippen LogP contribution in [0.4, 0.5) is 0 Å². The van der Waals surface area contributed by atoms with Gasteiger partial charge >= 0.3 is 10.5 Å². The molecule has 4 rings (SSSR count). The third-order valence-corrected chi connectivity index (χ3v) is 6.30. The molecular formula is C21H17NO4S2. The first kappa shape index (κ1) is 18.7. The van der Waals surface area contributed by atoms with Crippen molar-refractivity contribution >= 4 is 22.3 Å². The molecule has 1 aliphatic rings. The minimum atomic E-state index is -2.75. The fraction of sp³-hybridized carbons (Fsp3) is 0.143. The molecule has 3 aromatic carbocycles. The highest BCUT2D eigenvalue weighted by atomic mass is 32.2. The van der Waals surface area contributed by atoms with Crippen LogP contribution in [-0.2, 0) is 22.6 Å². The molecule has 0 amide bonds. The van der Waals surface area contributed by atoms with Crippen LogP contribution in [0, 0.1) is 0 Å². The largest absolute Gasteiger partial charge is 0.457 e. The number of ether oxygens (including phenoxy) is 1. The van der Waals surface area contributed by atoms with Gasteiger partial charge in [-0.05, 0) is 48.4 Å². The third kappa shape index (κ3) is 3.82. The molecule has 0 fully saturated rings. The highest BCUT2D eigenvalue weighted by molar-refractivity contribution is 8.00. The van der Waals surface area contributed by atoms with Crippen molar-refractivity contribution in [3.63, 3.8) is 0 Å². The number of rotatable bonds is 5. The zero-order valence-corrected chi connectivity index (χ0v) is 16.4. The topological polar surface area (TPSA) is 76.0 Å². The van der Waals surface area contributed by atoms with Gasteiger partial charge in [0.2, 0.25) is 5.72 Å². The average Bonchev–Trinajstić information content (AvgIpc) is 2.94. The normalized spacial score (nSPS) is 20.4. The Morgan fingerprint density at radius 3 is 2.32 bits per heavy atom. The van der Waals surface area contributed by atoms with Crippen molar-refractivity contribution in [1.82, 2.24) is 0 Å². The van der Waals surface area contributed by atoms with Gasteiger partial charge in [0, 0.05) is 10.5 Å². The van der Waals surface area contributed by atoms with Crippen molar-refractivity contribution < 1.29 is 18.3 Å². The number of thioether (sulfide) groups is 1. The van der Waals surface area contributed by atoms with Crippen LogP contribution in [0.2, 0.25) is 0 Å². The van der Waals surface area contributed by atoms with Crippen LogP contribution in [-0.4, -0.2) is 18.8 Å². The maximum atomic E-state index is 11.4. The molecule has 1 N–H and O–H groups in total. The first-order valence-corrected chi connectivity index (χ1v) is 10.6. The molecule has 0 saturated carbocycles. The lowest BCUT2D eigenvalue weighted by Crippen LogP contribution is -2.31. The number of hydrogen-bond acceptors (Lipinski definition) is 6. The van der Waals surface area contributed by atoms with Gasteiger partial charge in [-0.1, -0.05) is 42.5 Å². The molecule has 7 heteroatoms. The van der Waals surface area contributed by atoms with Gasteiger partial charge in [-0.15, -0.1) is 16.1 Å². The van der Waals surface area contributed by atoms with E-state index in [1.54, 1.807) is 6.07 Å². The molecular weight excluding hydrogens is 394 g/mol. The Kier molecular flexibility index (Phi) is 5.21. The monoisotopic (exact) mass is 411 g/mol. The Bertz CT molecular complexity index is 1110. The average molecular weight is 412 g/mol. The lowest BCUT2D eigenvalue weighted by Gasteiger charge is -2.24. The van der Waals surface area contributed by atoms with Gasteiger partial charge < -0.3 is 9.84 Å². The number of aliphatic hydroxyl groups is 1. The molecule has 0 spiro atoms. The minimum absolute atomic E-state index is 0.457. The fourth-order valence-corrected chi connectivity index (χ4v) is 5.06. The zero-order valence-electron chi connectivity index (χ0n) is 14.7. The number of nitrogens with zero attached hydrogens (tertiary/aromatic N) is 1. The van der Waals surface area contributed by atoms with Crippen LogP contribution in [0.1, 0.15) is 11.1 Å². The van der Waals surface area contributed by atoms with Gasteiger partial charge in [0.1, 0.15) is 11.5 Å². The highest BCUT2D eigenvalue weighted by Gasteiger charge is 2.47. The van der Waals surface area contributed by atoms with Crippen LogP contribution >= 0.6 is 11.8 Å². The molecule has 0 aromatic heterocycles. The second kappa shape index (κ2) is 7.79. The van der Waals surface area contributed by atoms with Gasteiger partial charge in [0.05, 0.1) is 5.25 Å². The molecule has 5 nitrogen and oxygen atoms in total. The zero-order chi connectivity index (χ0) is 19.6. The SMILES string of the molecule is O=S(=O)=NC1(O)c2cc(Oc3ccccc3)ccc2CC1Sc1ccccc1. The Labute approximate surface area is 168 Å².